The van der Waals surface area contributed by atoms with E-state index in [0.29, 0.717) is 51.0 Å². The molecule has 2 aromatic rings. The van der Waals surface area contributed by atoms with Crippen LogP contribution >= 0.6 is 0 Å². The van der Waals surface area contributed by atoms with Gasteiger partial charge in [-0.15, -0.1) is 0 Å². The summed E-state index contributed by atoms with van der Waals surface area (Å²) in [5, 5.41) is 10.0. The van der Waals surface area contributed by atoms with Gasteiger partial charge < -0.3 is 14.9 Å². The van der Waals surface area contributed by atoms with Crippen LogP contribution in [0.2, 0.25) is 0 Å². The van der Waals surface area contributed by atoms with Gasteiger partial charge in [0, 0.05) is 38.3 Å². The molecular formula is C25H31N3O5S. The Morgan fingerprint density at radius 3 is 2.24 bits per heavy atom. The van der Waals surface area contributed by atoms with Gasteiger partial charge in [0.05, 0.1) is 5.75 Å². The number of aliphatic hydroxyl groups is 1. The van der Waals surface area contributed by atoms with Gasteiger partial charge in [-0.1, -0.05) is 37.3 Å². The van der Waals surface area contributed by atoms with Crippen molar-refractivity contribution in [3.8, 4) is 11.1 Å². The second kappa shape index (κ2) is 9.85. The lowest BCUT2D eigenvalue weighted by molar-refractivity contribution is -0.143. The minimum atomic E-state index is -3.27. The molecule has 0 radical (unpaired) electrons. The number of rotatable bonds is 8. The second-order valence-corrected chi connectivity index (χ2v) is 11.0. The molecule has 0 bridgehead atoms. The van der Waals surface area contributed by atoms with E-state index in [1.165, 1.54) is 0 Å². The molecule has 0 atom stereocenters. The summed E-state index contributed by atoms with van der Waals surface area (Å²) in [6, 6.07) is 15.0. The zero-order chi connectivity index (χ0) is 24.3. The lowest BCUT2D eigenvalue weighted by atomic mass is 10.0. The first kappa shape index (κ1) is 24.4. The molecule has 1 heterocycles. The molecule has 9 heteroatoms. The summed E-state index contributed by atoms with van der Waals surface area (Å²) in [4.78, 5) is 28.6. The van der Waals surface area contributed by atoms with Gasteiger partial charge in [-0.25, -0.2) is 13.1 Å². The lowest BCUT2D eigenvalue weighted by Crippen LogP contribution is -2.53. The topological polar surface area (TPSA) is 107 Å². The van der Waals surface area contributed by atoms with Crippen LogP contribution in [0.1, 0.15) is 42.1 Å². The van der Waals surface area contributed by atoms with Crippen LogP contribution < -0.4 is 4.72 Å². The molecule has 0 unspecified atom stereocenters. The summed E-state index contributed by atoms with van der Waals surface area (Å²) < 4.78 is 26.4. The predicted octanol–water partition coefficient (Wildman–Crippen LogP) is 1.99. The number of benzene rings is 2. The van der Waals surface area contributed by atoms with E-state index in [-0.39, 0.29) is 24.1 Å². The lowest BCUT2D eigenvalue weighted by Gasteiger charge is -2.35. The number of carbonyl (C=O) groups is 2. The molecule has 0 aromatic heterocycles. The van der Waals surface area contributed by atoms with Crippen molar-refractivity contribution in [2.24, 2.45) is 0 Å². The first-order valence-electron chi connectivity index (χ1n) is 11.7. The van der Waals surface area contributed by atoms with Crippen LogP contribution in [0.25, 0.3) is 11.1 Å². The number of nitrogens with one attached hydrogen (secondary N) is 1. The van der Waals surface area contributed by atoms with E-state index >= 15 is 0 Å². The zero-order valence-corrected chi connectivity index (χ0v) is 20.2. The normalized spacial score (nSPS) is 17.5. The van der Waals surface area contributed by atoms with Crippen molar-refractivity contribution < 1.29 is 23.1 Å². The largest absolute Gasteiger partial charge is 0.380 e. The number of hydrogen-bond donors (Lipinski definition) is 2. The van der Waals surface area contributed by atoms with Crippen LogP contribution in [0.3, 0.4) is 0 Å². The number of sulfonamides is 1. The van der Waals surface area contributed by atoms with Crippen molar-refractivity contribution in [2.75, 3.05) is 31.9 Å². The van der Waals surface area contributed by atoms with Crippen molar-refractivity contribution in [3.05, 3.63) is 59.7 Å². The fourth-order valence-electron chi connectivity index (χ4n) is 4.12. The van der Waals surface area contributed by atoms with E-state index in [0.717, 1.165) is 16.7 Å². The fourth-order valence-corrected chi connectivity index (χ4v) is 5.19. The summed E-state index contributed by atoms with van der Waals surface area (Å²) in [7, 11) is -3.27. The smallest absolute Gasteiger partial charge is 0.254 e. The molecule has 2 N–H and O–H groups in total. The van der Waals surface area contributed by atoms with Crippen LogP contribution in [0.5, 0.6) is 0 Å². The van der Waals surface area contributed by atoms with Crippen LogP contribution in [-0.2, 0) is 21.4 Å². The van der Waals surface area contributed by atoms with Crippen molar-refractivity contribution in [1.82, 2.24) is 14.5 Å². The monoisotopic (exact) mass is 485 g/mol. The summed E-state index contributed by atoms with van der Waals surface area (Å²) >= 11 is 0. The first-order chi connectivity index (χ1) is 16.2. The van der Waals surface area contributed by atoms with E-state index < -0.39 is 15.6 Å². The highest BCUT2D eigenvalue weighted by molar-refractivity contribution is 7.89. The van der Waals surface area contributed by atoms with E-state index in [1.54, 1.807) is 21.9 Å². The number of nitrogens with zero attached hydrogens (tertiary/aromatic N) is 2. The molecule has 1 saturated heterocycles. The highest BCUT2D eigenvalue weighted by Gasteiger charge is 2.50. The Hall–Kier alpha value is -2.75. The summed E-state index contributed by atoms with van der Waals surface area (Å²) in [5.41, 5.74) is 2.15. The van der Waals surface area contributed by atoms with Gasteiger partial charge in [0.25, 0.3) is 11.8 Å². The van der Waals surface area contributed by atoms with Crippen LogP contribution in [-0.4, -0.2) is 72.7 Å². The molecule has 34 heavy (non-hydrogen) atoms. The SMILES string of the molecule is CCCS(=O)(=O)NCc1cccc(-c2ccc(C(=O)N3CCN(C(=O)C4(O)CC4)CC3)cc2)c1. The Bertz CT molecular complexity index is 1150. The average Bonchev–Trinajstić information content (AvgIpc) is 3.61. The standard InChI is InChI=1S/C25H31N3O5S/c1-2-16-34(32,33)26-18-19-4-3-5-22(17-19)20-6-8-21(9-7-20)23(29)27-12-14-28(15-13-27)24(30)25(31)10-11-25/h3-9,17,26,31H,2,10-16,18H2,1H3. The van der Waals surface area contributed by atoms with Gasteiger partial charge in [0.1, 0.15) is 5.60 Å². The van der Waals surface area contributed by atoms with Crippen LogP contribution in [0.4, 0.5) is 0 Å². The van der Waals surface area contributed by atoms with E-state index in [9.17, 15) is 23.1 Å². The number of hydrogen-bond acceptors (Lipinski definition) is 5. The molecule has 0 spiro atoms. The Labute approximate surface area is 200 Å². The Kier molecular flexibility index (Phi) is 7.06. The van der Waals surface area contributed by atoms with Crippen molar-refractivity contribution in [2.45, 2.75) is 38.3 Å². The molecule has 1 aliphatic carbocycles. The second-order valence-electron chi connectivity index (χ2n) is 9.03. The maximum absolute atomic E-state index is 12.9. The van der Waals surface area contributed by atoms with Gasteiger partial charge >= 0.3 is 0 Å². The summed E-state index contributed by atoms with van der Waals surface area (Å²) in [6.45, 7) is 3.81. The van der Waals surface area contributed by atoms with Gasteiger partial charge in [-0.05, 0) is 54.2 Å². The minimum Gasteiger partial charge on any atom is -0.380 e. The maximum Gasteiger partial charge on any atom is 0.254 e. The molecule has 182 valence electrons. The van der Waals surface area contributed by atoms with Crippen molar-refractivity contribution >= 4 is 21.8 Å². The molecular weight excluding hydrogens is 454 g/mol. The van der Waals surface area contributed by atoms with E-state index in [4.69, 9.17) is 0 Å². The zero-order valence-electron chi connectivity index (χ0n) is 19.4. The van der Waals surface area contributed by atoms with Crippen molar-refractivity contribution in [3.63, 3.8) is 0 Å². The van der Waals surface area contributed by atoms with E-state index in [1.807, 2.05) is 43.3 Å². The number of carbonyl (C=O) groups excluding carboxylic acids is 2. The van der Waals surface area contributed by atoms with Gasteiger partial charge in [0.2, 0.25) is 10.0 Å². The first-order valence-corrected chi connectivity index (χ1v) is 13.3. The molecule has 4 rings (SSSR count). The van der Waals surface area contributed by atoms with Gasteiger partial charge in [-0.3, -0.25) is 9.59 Å². The molecule has 2 aliphatic rings. The third-order valence-corrected chi connectivity index (χ3v) is 7.87. The van der Waals surface area contributed by atoms with Crippen LogP contribution in [0.15, 0.2) is 48.5 Å². The van der Waals surface area contributed by atoms with Gasteiger partial charge in [-0.2, -0.15) is 0 Å². The molecule has 2 aromatic carbocycles. The number of amides is 2. The fraction of sp³-hybridized carbons (Fsp3) is 0.440. The Balaban J connectivity index is 1.36. The highest BCUT2D eigenvalue weighted by atomic mass is 32.2. The molecule has 1 aliphatic heterocycles. The molecule has 2 amide bonds. The van der Waals surface area contributed by atoms with Crippen molar-refractivity contribution in [1.29, 1.82) is 0 Å². The summed E-state index contributed by atoms with van der Waals surface area (Å²) in [6.07, 6.45) is 1.61. The van der Waals surface area contributed by atoms with Crippen LogP contribution in [0, 0.1) is 0 Å². The molecule has 8 nitrogen and oxygen atoms in total. The third kappa shape index (κ3) is 5.65. The minimum absolute atomic E-state index is 0.0807. The Morgan fingerprint density at radius 1 is 0.971 bits per heavy atom. The predicted molar refractivity (Wildman–Crippen MR) is 129 cm³/mol. The average molecular weight is 486 g/mol. The number of piperazine rings is 1. The molecule has 2 fully saturated rings. The quantitative estimate of drug-likeness (QED) is 0.595. The Morgan fingerprint density at radius 2 is 1.62 bits per heavy atom. The molecule has 1 saturated carbocycles. The third-order valence-electron chi connectivity index (χ3n) is 6.34. The van der Waals surface area contributed by atoms with Gasteiger partial charge in [0.15, 0.2) is 0 Å². The van der Waals surface area contributed by atoms with E-state index in [2.05, 4.69) is 4.72 Å². The highest BCUT2D eigenvalue weighted by Crippen LogP contribution is 2.37. The maximum atomic E-state index is 12.9. The summed E-state index contributed by atoms with van der Waals surface area (Å²) in [5.74, 6) is -0.192.